The van der Waals surface area contributed by atoms with E-state index in [0.29, 0.717) is 5.16 Å². The number of fused-ring (bicyclic) bond motifs is 5. The maximum Gasteiger partial charge on any atom is 0.258 e. The summed E-state index contributed by atoms with van der Waals surface area (Å²) in [5.41, 5.74) is 3.66. The van der Waals surface area contributed by atoms with Crippen LogP contribution in [0.15, 0.2) is 34.2 Å². The molecule has 1 aromatic heterocycles. The van der Waals surface area contributed by atoms with Crippen molar-refractivity contribution < 1.29 is 9.90 Å². The van der Waals surface area contributed by atoms with Gasteiger partial charge >= 0.3 is 0 Å². The molecule has 1 aromatic carbocycles. The topological polar surface area (TPSA) is 75.0 Å². The molecule has 6 heteroatoms. The zero-order valence-electron chi connectivity index (χ0n) is 13.7. The quantitative estimate of drug-likeness (QED) is 0.727. The Morgan fingerprint density at radius 3 is 2.80 bits per heavy atom. The van der Waals surface area contributed by atoms with Crippen LogP contribution in [0.2, 0.25) is 0 Å². The summed E-state index contributed by atoms with van der Waals surface area (Å²) in [7, 11) is 0. The minimum absolute atomic E-state index is 0.0485. The van der Waals surface area contributed by atoms with Gasteiger partial charge in [0.25, 0.3) is 5.56 Å². The van der Waals surface area contributed by atoms with E-state index in [-0.39, 0.29) is 17.5 Å². The number of hydrogen-bond acceptors (Lipinski definition) is 5. The smallest absolute Gasteiger partial charge is 0.258 e. The van der Waals surface area contributed by atoms with Crippen molar-refractivity contribution in [2.24, 2.45) is 0 Å². The Morgan fingerprint density at radius 1 is 1.28 bits per heavy atom. The van der Waals surface area contributed by atoms with Crippen molar-refractivity contribution in [1.29, 1.82) is 0 Å². The minimum Gasteiger partial charge on any atom is -0.549 e. The molecule has 1 fully saturated rings. The van der Waals surface area contributed by atoms with Crippen LogP contribution in [0, 0.1) is 0 Å². The number of thioether (sulfide) groups is 1. The van der Waals surface area contributed by atoms with Gasteiger partial charge in [-0.2, -0.15) is 0 Å². The first kappa shape index (κ1) is 15.2. The Kier molecular flexibility index (Phi) is 3.17. The molecule has 1 spiro atoms. The third kappa shape index (κ3) is 2.06. The highest BCUT2D eigenvalue weighted by Gasteiger charge is 2.45. The van der Waals surface area contributed by atoms with E-state index in [9.17, 15) is 14.7 Å². The van der Waals surface area contributed by atoms with Crippen molar-refractivity contribution >= 4 is 17.7 Å². The van der Waals surface area contributed by atoms with Gasteiger partial charge in [-0.3, -0.25) is 9.36 Å². The molecule has 1 saturated carbocycles. The highest BCUT2D eigenvalue weighted by molar-refractivity contribution is 8.00. The van der Waals surface area contributed by atoms with Gasteiger partial charge in [0, 0.05) is 17.5 Å². The lowest BCUT2D eigenvalue weighted by Gasteiger charge is -2.36. The van der Waals surface area contributed by atoms with E-state index < -0.39 is 11.2 Å². The van der Waals surface area contributed by atoms with Crippen LogP contribution in [0.25, 0.3) is 11.3 Å². The molecule has 0 N–H and O–H groups in total. The molecule has 2 aliphatic carbocycles. The summed E-state index contributed by atoms with van der Waals surface area (Å²) < 4.78 is 1.55. The van der Waals surface area contributed by atoms with Gasteiger partial charge in [-0.15, -0.1) is 0 Å². The van der Waals surface area contributed by atoms with E-state index in [4.69, 9.17) is 4.98 Å². The Bertz CT molecular complexity index is 960. The average molecular weight is 353 g/mol. The van der Waals surface area contributed by atoms with Crippen LogP contribution in [0.4, 0.5) is 0 Å². The van der Waals surface area contributed by atoms with Crippen molar-refractivity contribution in [1.82, 2.24) is 9.55 Å². The van der Waals surface area contributed by atoms with Crippen molar-refractivity contribution in [2.75, 3.05) is 0 Å². The Hall–Kier alpha value is -2.08. The van der Waals surface area contributed by atoms with Gasteiger partial charge in [0.15, 0.2) is 5.16 Å². The zero-order valence-corrected chi connectivity index (χ0v) is 14.5. The van der Waals surface area contributed by atoms with Gasteiger partial charge in [-0.05, 0) is 24.8 Å². The molecule has 1 atom stereocenters. The van der Waals surface area contributed by atoms with Crippen molar-refractivity contribution in [2.45, 2.75) is 54.5 Å². The first-order valence-electron chi connectivity index (χ1n) is 8.70. The second-order valence-corrected chi connectivity index (χ2v) is 8.45. The standard InChI is InChI=1S/C19H18N2O3S/c22-16-14-15(20-18-21(16)10-13(25-18)17(23)24)12-6-2-1-5-11(12)9-19(14)7-3-4-8-19/h1-2,5-6,13H,3-4,7-10H2,(H,23,24)/p-1/t13-/m1/s1. The first-order valence-corrected chi connectivity index (χ1v) is 9.58. The number of carboxylic acid groups (broad SMARTS) is 1. The maximum atomic E-state index is 13.3. The highest BCUT2D eigenvalue weighted by Crippen LogP contribution is 2.50. The van der Waals surface area contributed by atoms with Gasteiger partial charge in [-0.25, -0.2) is 4.98 Å². The van der Waals surface area contributed by atoms with Crippen molar-refractivity contribution in [3.63, 3.8) is 0 Å². The summed E-state index contributed by atoms with van der Waals surface area (Å²) in [6.45, 7) is 0.152. The zero-order chi connectivity index (χ0) is 17.2. The predicted molar refractivity (Wildman–Crippen MR) is 92.4 cm³/mol. The summed E-state index contributed by atoms with van der Waals surface area (Å²) in [5.74, 6) is -1.14. The molecule has 3 aliphatic rings. The van der Waals surface area contributed by atoms with Gasteiger partial charge in [-0.1, -0.05) is 48.9 Å². The lowest BCUT2D eigenvalue weighted by atomic mass is 9.68. The number of nitrogens with zero attached hydrogens (tertiary/aromatic N) is 2. The lowest BCUT2D eigenvalue weighted by Crippen LogP contribution is -2.40. The van der Waals surface area contributed by atoms with E-state index in [1.807, 2.05) is 18.2 Å². The number of benzene rings is 1. The van der Waals surface area contributed by atoms with E-state index in [1.165, 1.54) is 5.56 Å². The first-order chi connectivity index (χ1) is 12.1. The summed E-state index contributed by atoms with van der Waals surface area (Å²) in [5, 5.41) is 11.0. The predicted octanol–water partition coefficient (Wildman–Crippen LogP) is 1.50. The fourth-order valence-corrected chi connectivity index (χ4v) is 5.75. The normalized spacial score (nSPS) is 22.5. The molecule has 1 aliphatic heterocycles. The molecule has 5 nitrogen and oxygen atoms in total. The Balaban J connectivity index is 1.79. The number of carbonyl (C=O) groups is 1. The van der Waals surface area contributed by atoms with E-state index >= 15 is 0 Å². The third-order valence-corrected chi connectivity index (χ3v) is 7.03. The molecule has 128 valence electrons. The molecule has 0 unspecified atom stereocenters. The van der Waals surface area contributed by atoms with Crippen LogP contribution >= 0.6 is 11.8 Å². The molecule has 0 bridgehead atoms. The van der Waals surface area contributed by atoms with Crippen LogP contribution in [0.1, 0.15) is 36.8 Å². The molecule has 0 radical (unpaired) electrons. The third-order valence-electron chi connectivity index (χ3n) is 5.89. The van der Waals surface area contributed by atoms with Crippen LogP contribution < -0.4 is 10.7 Å². The number of carboxylic acids is 1. The number of aliphatic carboxylic acids is 1. The highest BCUT2D eigenvalue weighted by atomic mass is 32.2. The van der Waals surface area contributed by atoms with E-state index in [1.54, 1.807) is 4.57 Å². The van der Waals surface area contributed by atoms with Gasteiger partial charge in [0.1, 0.15) is 0 Å². The lowest BCUT2D eigenvalue weighted by molar-refractivity contribution is -0.304. The SMILES string of the molecule is O=C([O-])[C@H]1Cn2c(nc3c(c2=O)C2(CCCC2)Cc2ccccc2-3)S1. The molecular weight excluding hydrogens is 336 g/mol. The Labute approximate surface area is 149 Å². The van der Waals surface area contributed by atoms with Crippen molar-refractivity contribution in [3.8, 4) is 11.3 Å². The van der Waals surface area contributed by atoms with Crippen LogP contribution in [-0.4, -0.2) is 20.8 Å². The molecule has 0 amide bonds. The van der Waals surface area contributed by atoms with Crippen molar-refractivity contribution in [3.05, 3.63) is 45.7 Å². The molecule has 2 heterocycles. The largest absolute Gasteiger partial charge is 0.549 e. The number of rotatable bonds is 1. The fourth-order valence-electron chi connectivity index (χ4n) is 4.75. The van der Waals surface area contributed by atoms with Gasteiger partial charge in [0.05, 0.1) is 22.5 Å². The fraction of sp³-hybridized carbons (Fsp3) is 0.421. The second kappa shape index (κ2) is 5.21. The van der Waals surface area contributed by atoms with Crippen LogP contribution in [0.5, 0.6) is 0 Å². The van der Waals surface area contributed by atoms with Crippen LogP contribution in [0.3, 0.4) is 0 Å². The molecule has 0 saturated heterocycles. The number of hydrogen-bond donors (Lipinski definition) is 0. The summed E-state index contributed by atoms with van der Waals surface area (Å²) in [6.07, 6.45) is 5.13. The molecule has 25 heavy (non-hydrogen) atoms. The van der Waals surface area contributed by atoms with Gasteiger partial charge in [0.2, 0.25) is 0 Å². The Morgan fingerprint density at radius 2 is 2.04 bits per heavy atom. The summed E-state index contributed by atoms with van der Waals surface area (Å²) in [6, 6.07) is 8.16. The molecule has 2 aromatic rings. The van der Waals surface area contributed by atoms with E-state index in [0.717, 1.165) is 60.7 Å². The average Bonchev–Trinajstić information content (AvgIpc) is 3.22. The summed E-state index contributed by atoms with van der Waals surface area (Å²) >= 11 is 1.13. The van der Waals surface area contributed by atoms with Crippen LogP contribution in [-0.2, 0) is 23.2 Å². The monoisotopic (exact) mass is 353 g/mol. The summed E-state index contributed by atoms with van der Waals surface area (Å²) in [4.78, 5) is 29.4. The van der Waals surface area contributed by atoms with Gasteiger partial charge < -0.3 is 9.90 Å². The molecular formula is C19H17N2O3S-. The maximum absolute atomic E-state index is 13.3. The number of carbonyl (C=O) groups excluding carboxylic acids is 1. The van der Waals surface area contributed by atoms with E-state index in [2.05, 4.69) is 6.07 Å². The minimum atomic E-state index is -1.14. The number of aromatic nitrogens is 2. The second-order valence-electron chi connectivity index (χ2n) is 7.28. The molecule has 5 rings (SSSR count).